The third-order valence-electron chi connectivity index (χ3n) is 3.84. The van der Waals surface area contributed by atoms with E-state index in [9.17, 15) is 19.7 Å². The molecule has 0 aliphatic heterocycles. The first-order chi connectivity index (χ1) is 12.9. The van der Waals surface area contributed by atoms with E-state index in [1.165, 1.54) is 24.3 Å². The molecule has 27 heavy (non-hydrogen) atoms. The molecule has 0 aliphatic carbocycles. The highest BCUT2D eigenvalue weighted by Crippen LogP contribution is 2.21. The number of carbonyl (C=O) groups excluding carboxylic acids is 2. The van der Waals surface area contributed by atoms with Gasteiger partial charge in [0.2, 0.25) is 0 Å². The predicted molar refractivity (Wildman–Crippen MR) is 102 cm³/mol. The van der Waals surface area contributed by atoms with Gasteiger partial charge in [0.15, 0.2) is 6.61 Å². The maximum Gasteiger partial charge on any atom is 0.331 e. The smallest absolute Gasteiger partial charge is 0.331 e. The topological polar surface area (TPSA) is 98.5 Å². The fraction of sp³-hybridized carbons (Fsp3) is 0.200. The molecule has 0 saturated heterocycles. The van der Waals surface area contributed by atoms with Crippen LogP contribution in [-0.2, 0) is 20.7 Å². The number of benzene rings is 2. The van der Waals surface area contributed by atoms with Gasteiger partial charge in [0.05, 0.1) is 4.92 Å². The summed E-state index contributed by atoms with van der Waals surface area (Å²) in [4.78, 5) is 34.0. The standard InChI is InChI=1S/C20H20N2O5/c1-3-16-8-4-6-14(2)20(16)21-18(23)13-27-19(24)11-10-15-7-5-9-17(12-15)22(25)26/h4-12H,3,13H2,1-2H3,(H,21,23)/b11-10+. The molecule has 0 aromatic heterocycles. The lowest BCUT2D eigenvalue weighted by Gasteiger charge is -2.12. The quantitative estimate of drug-likeness (QED) is 0.348. The van der Waals surface area contributed by atoms with Gasteiger partial charge in [-0.15, -0.1) is 0 Å². The number of esters is 1. The third-order valence-corrected chi connectivity index (χ3v) is 3.84. The number of nitro groups is 1. The van der Waals surface area contributed by atoms with E-state index in [1.807, 2.05) is 32.0 Å². The third kappa shape index (κ3) is 5.78. The van der Waals surface area contributed by atoms with Crippen LogP contribution in [0.25, 0.3) is 6.08 Å². The van der Waals surface area contributed by atoms with Crippen LogP contribution in [-0.4, -0.2) is 23.4 Å². The minimum Gasteiger partial charge on any atom is -0.452 e. The molecule has 140 valence electrons. The van der Waals surface area contributed by atoms with Gasteiger partial charge in [-0.2, -0.15) is 0 Å². The lowest BCUT2D eigenvalue weighted by atomic mass is 10.1. The zero-order valence-corrected chi connectivity index (χ0v) is 15.1. The number of nitro benzene ring substituents is 1. The van der Waals surface area contributed by atoms with Gasteiger partial charge in [-0.05, 0) is 36.1 Å². The zero-order valence-electron chi connectivity index (χ0n) is 15.1. The second-order valence-corrected chi connectivity index (χ2v) is 5.80. The Kier molecular flexibility index (Phi) is 6.82. The summed E-state index contributed by atoms with van der Waals surface area (Å²) >= 11 is 0. The molecular formula is C20H20N2O5. The Morgan fingerprint density at radius 1 is 1.22 bits per heavy atom. The van der Waals surface area contributed by atoms with E-state index in [2.05, 4.69) is 5.32 Å². The van der Waals surface area contributed by atoms with Crippen molar-refractivity contribution < 1.29 is 19.2 Å². The highest BCUT2D eigenvalue weighted by atomic mass is 16.6. The van der Waals surface area contributed by atoms with Crippen LogP contribution in [0, 0.1) is 17.0 Å². The molecule has 0 atom stereocenters. The fourth-order valence-electron chi connectivity index (χ4n) is 2.47. The molecule has 0 spiro atoms. The van der Waals surface area contributed by atoms with Crippen molar-refractivity contribution in [1.29, 1.82) is 0 Å². The van der Waals surface area contributed by atoms with E-state index in [1.54, 1.807) is 6.07 Å². The van der Waals surface area contributed by atoms with Gasteiger partial charge in [-0.25, -0.2) is 4.79 Å². The van der Waals surface area contributed by atoms with Crippen molar-refractivity contribution in [2.24, 2.45) is 0 Å². The molecule has 0 radical (unpaired) electrons. The molecule has 1 N–H and O–H groups in total. The van der Waals surface area contributed by atoms with Gasteiger partial charge in [0, 0.05) is 23.9 Å². The van der Waals surface area contributed by atoms with Crippen LogP contribution in [0.15, 0.2) is 48.5 Å². The molecule has 0 aliphatic rings. The monoisotopic (exact) mass is 368 g/mol. The summed E-state index contributed by atoms with van der Waals surface area (Å²) in [7, 11) is 0. The number of hydrogen-bond donors (Lipinski definition) is 1. The van der Waals surface area contributed by atoms with Crippen LogP contribution in [0.1, 0.15) is 23.6 Å². The maximum absolute atomic E-state index is 12.0. The molecule has 2 aromatic rings. The van der Waals surface area contributed by atoms with Crippen LogP contribution < -0.4 is 5.32 Å². The van der Waals surface area contributed by atoms with Crippen LogP contribution in [0.3, 0.4) is 0 Å². The largest absolute Gasteiger partial charge is 0.452 e. The van der Waals surface area contributed by atoms with E-state index >= 15 is 0 Å². The Morgan fingerprint density at radius 3 is 2.67 bits per heavy atom. The number of rotatable bonds is 7. The number of aryl methyl sites for hydroxylation is 2. The molecule has 7 heteroatoms. The van der Waals surface area contributed by atoms with Crippen molar-refractivity contribution in [3.05, 3.63) is 75.3 Å². The van der Waals surface area contributed by atoms with Gasteiger partial charge in [0.25, 0.3) is 11.6 Å². The first kappa shape index (κ1) is 19.8. The van der Waals surface area contributed by atoms with Crippen molar-refractivity contribution in [2.45, 2.75) is 20.3 Å². The van der Waals surface area contributed by atoms with Gasteiger partial charge in [0.1, 0.15) is 0 Å². The Labute approximate surface area is 156 Å². The van der Waals surface area contributed by atoms with Gasteiger partial charge < -0.3 is 10.1 Å². The van der Waals surface area contributed by atoms with Crippen molar-refractivity contribution in [3.63, 3.8) is 0 Å². The minimum atomic E-state index is -0.711. The highest BCUT2D eigenvalue weighted by Gasteiger charge is 2.10. The lowest BCUT2D eigenvalue weighted by Crippen LogP contribution is -2.21. The molecule has 7 nitrogen and oxygen atoms in total. The Morgan fingerprint density at radius 2 is 1.96 bits per heavy atom. The average molecular weight is 368 g/mol. The van der Waals surface area contributed by atoms with Gasteiger partial charge >= 0.3 is 5.97 Å². The Balaban J connectivity index is 1.91. The molecule has 2 rings (SSSR count). The number of nitrogens with one attached hydrogen (secondary N) is 1. The highest BCUT2D eigenvalue weighted by molar-refractivity contribution is 5.95. The number of nitrogens with zero attached hydrogens (tertiary/aromatic N) is 1. The van der Waals surface area contributed by atoms with Gasteiger partial charge in [-0.1, -0.05) is 37.3 Å². The Bertz CT molecular complexity index is 890. The molecular weight excluding hydrogens is 348 g/mol. The summed E-state index contributed by atoms with van der Waals surface area (Å²) in [6.07, 6.45) is 3.28. The van der Waals surface area contributed by atoms with Crippen molar-refractivity contribution in [3.8, 4) is 0 Å². The van der Waals surface area contributed by atoms with Crippen LogP contribution >= 0.6 is 0 Å². The molecule has 2 aromatic carbocycles. The summed E-state index contributed by atoms with van der Waals surface area (Å²) in [5, 5.41) is 13.5. The fourth-order valence-corrected chi connectivity index (χ4v) is 2.47. The summed E-state index contributed by atoms with van der Waals surface area (Å²) in [5.41, 5.74) is 3.07. The average Bonchev–Trinajstić information content (AvgIpc) is 2.66. The number of carbonyl (C=O) groups is 2. The van der Waals surface area contributed by atoms with Gasteiger partial charge in [-0.3, -0.25) is 14.9 Å². The van der Waals surface area contributed by atoms with Crippen LogP contribution in [0.2, 0.25) is 0 Å². The van der Waals surface area contributed by atoms with Crippen LogP contribution in [0.5, 0.6) is 0 Å². The molecule has 0 saturated carbocycles. The van der Waals surface area contributed by atoms with Crippen molar-refractivity contribution in [1.82, 2.24) is 0 Å². The van der Waals surface area contributed by atoms with E-state index in [0.29, 0.717) is 5.56 Å². The summed E-state index contributed by atoms with van der Waals surface area (Å²) in [5.74, 6) is -1.15. The summed E-state index contributed by atoms with van der Waals surface area (Å²) in [6, 6.07) is 11.6. The number of para-hydroxylation sites is 1. The SMILES string of the molecule is CCc1cccc(C)c1NC(=O)COC(=O)/C=C/c1cccc([N+](=O)[O-])c1. The number of amides is 1. The normalized spacial score (nSPS) is 10.6. The Hall–Kier alpha value is -3.48. The predicted octanol–water partition coefficient (Wildman–Crippen LogP) is 3.66. The molecule has 0 unspecified atom stereocenters. The minimum absolute atomic E-state index is 0.0742. The number of anilines is 1. The second kappa shape index (κ2) is 9.28. The number of non-ortho nitro benzene ring substituents is 1. The lowest BCUT2D eigenvalue weighted by molar-refractivity contribution is -0.384. The number of hydrogen-bond acceptors (Lipinski definition) is 5. The molecule has 0 fully saturated rings. The summed E-state index contributed by atoms with van der Waals surface area (Å²) in [6.45, 7) is 3.46. The molecule has 1 amide bonds. The first-order valence-electron chi connectivity index (χ1n) is 8.38. The van der Waals surface area contributed by atoms with E-state index in [4.69, 9.17) is 4.74 Å². The van der Waals surface area contributed by atoms with Crippen LogP contribution in [0.4, 0.5) is 11.4 Å². The first-order valence-corrected chi connectivity index (χ1v) is 8.38. The van der Waals surface area contributed by atoms with E-state index < -0.39 is 23.4 Å². The maximum atomic E-state index is 12.0. The zero-order chi connectivity index (χ0) is 19.8. The summed E-state index contributed by atoms with van der Waals surface area (Å²) < 4.78 is 4.92. The van der Waals surface area contributed by atoms with Crippen molar-refractivity contribution in [2.75, 3.05) is 11.9 Å². The molecule has 0 heterocycles. The van der Waals surface area contributed by atoms with Crippen molar-refractivity contribution >= 4 is 29.3 Å². The van der Waals surface area contributed by atoms with E-state index in [0.717, 1.165) is 29.3 Å². The van der Waals surface area contributed by atoms with E-state index in [-0.39, 0.29) is 5.69 Å². The number of ether oxygens (including phenoxy) is 1. The second-order valence-electron chi connectivity index (χ2n) is 5.80. The molecule has 0 bridgehead atoms.